The van der Waals surface area contributed by atoms with Crippen molar-refractivity contribution in [2.75, 3.05) is 44.2 Å². The number of carbonyl (C=O) groups excluding carboxylic acids is 1. The van der Waals surface area contributed by atoms with Crippen molar-refractivity contribution in [1.82, 2.24) is 19.6 Å². The van der Waals surface area contributed by atoms with Gasteiger partial charge in [0.1, 0.15) is 0 Å². The van der Waals surface area contributed by atoms with Crippen LogP contribution in [0, 0.1) is 5.92 Å². The van der Waals surface area contributed by atoms with E-state index in [9.17, 15) is 9.59 Å². The lowest BCUT2D eigenvalue weighted by molar-refractivity contribution is -0.137. The Morgan fingerprint density at radius 3 is 2.52 bits per heavy atom. The third-order valence-electron chi connectivity index (χ3n) is 6.52. The SMILES string of the molecule is CC(C)N1CCN(C(=O)[C@H]2CCCN(c3cnn(Cc4ccccc4)c(=O)c3)C2)CC1. The summed E-state index contributed by atoms with van der Waals surface area (Å²) < 4.78 is 1.49. The van der Waals surface area contributed by atoms with Crippen molar-refractivity contribution < 1.29 is 4.79 Å². The van der Waals surface area contributed by atoms with Gasteiger partial charge in [0, 0.05) is 51.4 Å². The second-order valence-corrected chi connectivity index (χ2v) is 8.94. The number of rotatable bonds is 5. The van der Waals surface area contributed by atoms with Crippen LogP contribution in [0.25, 0.3) is 0 Å². The van der Waals surface area contributed by atoms with E-state index in [0.717, 1.165) is 56.8 Å². The number of amides is 1. The summed E-state index contributed by atoms with van der Waals surface area (Å²) in [6.07, 6.45) is 3.63. The van der Waals surface area contributed by atoms with E-state index in [2.05, 4.69) is 28.7 Å². The Bertz CT molecular complexity index is 934. The van der Waals surface area contributed by atoms with Crippen molar-refractivity contribution >= 4 is 11.6 Å². The van der Waals surface area contributed by atoms with Crippen LogP contribution in [0.3, 0.4) is 0 Å². The van der Waals surface area contributed by atoms with Crippen molar-refractivity contribution in [3.05, 3.63) is 58.5 Å². The number of piperidine rings is 1. The number of aromatic nitrogens is 2. The third kappa shape index (κ3) is 5.15. The van der Waals surface area contributed by atoms with Gasteiger partial charge in [0.05, 0.1) is 24.3 Å². The summed E-state index contributed by atoms with van der Waals surface area (Å²) >= 11 is 0. The van der Waals surface area contributed by atoms with Crippen LogP contribution in [0.15, 0.2) is 47.4 Å². The summed E-state index contributed by atoms with van der Waals surface area (Å²) in [4.78, 5) is 32.4. The van der Waals surface area contributed by atoms with Gasteiger partial charge in [-0.3, -0.25) is 14.5 Å². The molecule has 3 heterocycles. The minimum absolute atomic E-state index is 0.00824. The molecule has 1 amide bonds. The van der Waals surface area contributed by atoms with E-state index >= 15 is 0 Å². The summed E-state index contributed by atoms with van der Waals surface area (Å²) in [5, 5.41) is 4.39. The first-order valence-corrected chi connectivity index (χ1v) is 11.4. The van der Waals surface area contributed by atoms with Gasteiger partial charge in [-0.05, 0) is 32.3 Å². The fraction of sp³-hybridized carbons (Fsp3) is 0.542. The number of piperazine rings is 1. The second-order valence-electron chi connectivity index (χ2n) is 8.94. The molecule has 1 aromatic carbocycles. The fourth-order valence-electron chi connectivity index (χ4n) is 4.60. The van der Waals surface area contributed by atoms with Crippen LogP contribution in [0.1, 0.15) is 32.3 Å². The molecule has 0 spiro atoms. The van der Waals surface area contributed by atoms with Crippen molar-refractivity contribution in [3.63, 3.8) is 0 Å². The minimum atomic E-state index is -0.111. The molecule has 2 fully saturated rings. The quantitative estimate of drug-likeness (QED) is 0.737. The van der Waals surface area contributed by atoms with Gasteiger partial charge < -0.3 is 9.80 Å². The molecule has 4 rings (SSSR count). The third-order valence-corrected chi connectivity index (χ3v) is 6.52. The summed E-state index contributed by atoms with van der Waals surface area (Å²) in [6, 6.07) is 12.0. The molecule has 2 aromatic rings. The second kappa shape index (κ2) is 9.64. The normalized spacial score (nSPS) is 20.3. The molecular formula is C24H33N5O2. The van der Waals surface area contributed by atoms with E-state index in [1.54, 1.807) is 12.3 Å². The first kappa shape index (κ1) is 21.6. The average Bonchev–Trinajstić information content (AvgIpc) is 2.81. The highest BCUT2D eigenvalue weighted by atomic mass is 16.2. The van der Waals surface area contributed by atoms with Gasteiger partial charge in [-0.15, -0.1) is 0 Å². The summed E-state index contributed by atoms with van der Waals surface area (Å²) in [6.45, 7) is 9.91. The lowest BCUT2D eigenvalue weighted by Gasteiger charge is -2.40. The van der Waals surface area contributed by atoms with Gasteiger partial charge in [-0.2, -0.15) is 5.10 Å². The molecule has 166 valence electrons. The van der Waals surface area contributed by atoms with Crippen molar-refractivity contribution in [1.29, 1.82) is 0 Å². The van der Waals surface area contributed by atoms with Gasteiger partial charge >= 0.3 is 0 Å². The zero-order valence-corrected chi connectivity index (χ0v) is 18.6. The van der Waals surface area contributed by atoms with Crippen molar-refractivity contribution in [2.45, 2.75) is 39.3 Å². The first-order chi connectivity index (χ1) is 15.0. The molecule has 1 atom stereocenters. The van der Waals surface area contributed by atoms with E-state index in [1.165, 1.54) is 4.68 Å². The predicted molar refractivity (Wildman–Crippen MR) is 122 cm³/mol. The van der Waals surface area contributed by atoms with Gasteiger partial charge in [0.25, 0.3) is 5.56 Å². The van der Waals surface area contributed by atoms with Gasteiger partial charge in [0.2, 0.25) is 5.91 Å². The number of anilines is 1. The molecule has 7 heteroatoms. The van der Waals surface area contributed by atoms with Crippen molar-refractivity contribution in [2.24, 2.45) is 5.92 Å². The maximum absolute atomic E-state index is 13.1. The molecule has 2 saturated heterocycles. The molecule has 2 aliphatic heterocycles. The van der Waals surface area contributed by atoms with Crippen LogP contribution in [0.5, 0.6) is 0 Å². The van der Waals surface area contributed by atoms with E-state index in [4.69, 9.17) is 0 Å². The Kier molecular flexibility index (Phi) is 6.70. The molecule has 7 nitrogen and oxygen atoms in total. The zero-order chi connectivity index (χ0) is 21.8. The lowest BCUT2D eigenvalue weighted by atomic mass is 9.96. The topological polar surface area (TPSA) is 61.7 Å². The van der Waals surface area contributed by atoms with Crippen LogP contribution in [-0.2, 0) is 11.3 Å². The smallest absolute Gasteiger partial charge is 0.269 e. The van der Waals surface area contributed by atoms with E-state index < -0.39 is 0 Å². The van der Waals surface area contributed by atoms with Gasteiger partial charge in [0.15, 0.2) is 0 Å². The summed E-state index contributed by atoms with van der Waals surface area (Å²) in [5.74, 6) is 0.254. The van der Waals surface area contributed by atoms with Crippen LogP contribution in [0.2, 0.25) is 0 Å². The number of benzene rings is 1. The Balaban J connectivity index is 1.39. The van der Waals surface area contributed by atoms with Gasteiger partial charge in [-0.1, -0.05) is 30.3 Å². The number of hydrogen-bond acceptors (Lipinski definition) is 5. The average molecular weight is 424 g/mol. The Morgan fingerprint density at radius 2 is 1.84 bits per heavy atom. The molecule has 2 aliphatic rings. The van der Waals surface area contributed by atoms with Crippen molar-refractivity contribution in [3.8, 4) is 0 Å². The highest BCUT2D eigenvalue weighted by Gasteiger charge is 2.31. The molecule has 0 unspecified atom stereocenters. The Labute approximate surface area is 184 Å². The van der Waals surface area contributed by atoms with Crippen LogP contribution < -0.4 is 10.5 Å². The predicted octanol–water partition coefficient (Wildman–Crippen LogP) is 2.06. The molecule has 0 aliphatic carbocycles. The van der Waals surface area contributed by atoms with Gasteiger partial charge in [-0.25, -0.2) is 4.68 Å². The Morgan fingerprint density at radius 1 is 1.10 bits per heavy atom. The zero-order valence-electron chi connectivity index (χ0n) is 18.6. The largest absolute Gasteiger partial charge is 0.369 e. The van der Waals surface area contributed by atoms with Crippen LogP contribution >= 0.6 is 0 Å². The highest BCUT2D eigenvalue weighted by molar-refractivity contribution is 5.80. The maximum Gasteiger partial charge on any atom is 0.269 e. The van der Waals surface area contributed by atoms with Crippen LogP contribution in [0.4, 0.5) is 5.69 Å². The maximum atomic E-state index is 13.1. The number of hydrogen-bond donors (Lipinski definition) is 0. The number of carbonyl (C=O) groups is 1. The fourth-order valence-corrected chi connectivity index (χ4v) is 4.60. The molecule has 0 bridgehead atoms. The number of nitrogens with zero attached hydrogens (tertiary/aromatic N) is 5. The summed E-state index contributed by atoms with van der Waals surface area (Å²) in [5.41, 5.74) is 1.75. The first-order valence-electron chi connectivity index (χ1n) is 11.4. The van der Waals surface area contributed by atoms with Crippen LogP contribution in [-0.4, -0.2) is 70.8 Å². The van der Waals surface area contributed by atoms with E-state index in [-0.39, 0.29) is 17.4 Å². The molecule has 0 saturated carbocycles. The highest BCUT2D eigenvalue weighted by Crippen LogP contribution is 2.24. The molecule has 0 N–H and O–H groups in total. The standard InChI is InChI=1S/C24H33N5O2/c1-19(2)26-11-13-27(14-12-26)24(31)21-9-6-10-28(18-21)22-15-23(30)29(25-16-22)17-20-7-4-3-5-8-20/h3-5,7-8,15-16,19,21H,6,9-14,17-18H2,1-2H3/t21-/m0/s1. The molecule has 0 radical (unpaired) electrons. The molecule has 31 heavy (non-hydrogen) atoms. The Hall–Kier alpha value is -2.67. The molecule has 1 aromatic heterocycles. The monoisotopic (exact) mass is 423 g/mol. The lowest BCUT2D eigenvalue weighted by Crippen LogP contribution is -2.53. The minimum Gasteiger partial charge on any atom is -0.369 e. The van der Waals surface area contributed by atoms with E-state index in [0.29, 0.717) is 19.1 Å². The summed E-state index contributed by atoms with van der Waals surface area (Å²) in [7, 11) is 0. The molecular weight excluding hydrogens is 390 g/mol. The van der Waals surface area contributed by atoms with E-state index in [1.807, 2.05) is 35.2 Å².